The molecule has 4 aromatic rings. The minimum Gasteiger partial charge on any atom is -0.420 e. The van der Waals surface area contributed by atoms with E-state index in [1.54, 1.807) is 24.3 Å². The summed E-state index contributed by atoms with van der Waals surface area (Å²) in [5.74, 6) is 2.11. The molecule has 0 aliphatic carbocycles. The molecule has 178 valence electrons. The van der Waals surface area contributed by atoms with E-state index in [-0.39, 0.29) is 4.90 Å². The third-order valence-corrected chi connectivity index (χ3v) is 8.32. The highest BCUT2D eigenvalue weighted by Crippen LogP contribution is 2.28. The number of thioether (sulfide) groups is 1. The lowest BCUT2D eigenvalue weighted by atomic mass is 10.2. The number of hydrogen-bond acceptors (Lipinski definition) is 8. The van der Waals surface area contributed by atoms with Crippen molar-refractivity contribution in [2.75, 3.05) is 13.1 Å². The standard InChI is InChI=1S/C23H26N6O3S2/c1-4-28(5-2)34(30,31)19-14-12-17(13-15-19)21-25-27-23(29(21)6-3)33-16-20-24-26-22(32-20)18-10-8-7-9-11-18/h7-15H,4-6,16H2,1-3H3. The van der Waals surface area contributed by atoms with Crippen LogP contribution >= 0.6 is 11.8 Å². The van der Waals surface area contributed by atoms with Crippen molar-refractivity contribution in [2.45, 2.75) is 43.1 Å². The molecular weight excluding hydrogens is 472 g/mol. The molecule has 0 aliphatic heterocycles. The minimum absolute atomic E-state index is 0.266. The van der Waals surface area contributed by atoms with Gasteiger partial charge in [-0.25, -0.2) is 8.42 Å². The van der Waals surface area contributed by atoms with Gasteiger partial charge in [0.2, 0.25) is 21.8 Å². The molecule has 0 radical (unpaired) electrons. The lowest BCUT2D eigenvalue weighted by molar-refractivity contribution is 0.445. The first kappa shape index (κ1) is 24.1. The Morgan fingerprint density at radius 2 is 1.59 bits per heavy atom. The molecular formula is C23H26N6O3S2. The number of rotatable bonds is 10. The van der Waals surface area contributed by atoms with Crippen LogP contribution in [-0.4, -0.2) is 50.8 Å². The summed E-state index contributed by atoms with van der Waals surface area (Å²) in [7, 11) is -3.50. The highest BCUT2D eigenvalue weighted by molar-refractivity contribution is 7.98. The van der Waals surface area contributed by atoms with Gasteiger partial charge in [0, 0.05) is 30.8 Å². The van der Waals surface area contributed by atoms with Crippen molar-refractivity contribution in [1.82, 2.24) is 29.3 Å². The second-order valence-electron chi connectivity index (χ2n) is 7.32. The fraction of sp³-hybridized carbons (Fsp3) is 0.304. The molecule has 2 aromatic carbocycles. The topological polar surface area (TPSA) is 107 Å². The van der Waals surface area contributed by atoms with Crippen LogP contribution in [0.3, 0.4) is 0 Å². The maximum Gasteiger partial charge on any atom is 0.247 e. The molecule has 0 N–H and O–H groups in total. The molecule has 0 unspecified atom stereocenters. The highest BCUT2D eigenvalue weighted by Gasteiger charge is 2.22. The SMILES string of the molecule is CCN(CC)S(=O)(=O)c1ccc(-c2nnc(SCc3nnc(-c4ccccc4)o3)n2CC)cc1. The van der Waals surface area contributed by atoms with E-state index in [2.05, 4.69) is 20.4 Å². The van der Waals surface area contributed by atoms with Gasteiger partial charge < -0.3 is 8.98 Å². The zero-order valence-corrected chi connectivity index (χ0v) is 20.9. The molecule has 34 heavy (non-hydrogen) atoms. The van der Waals surface area contributed by atoms with Crippen LogP contribution in [0, 0.1) is 0 Å². The molecule has 9 nitrogen and oxygen atoms in total. The maximum atomic E-state index is 12.8. The Balaban J connectivity index is 1.50. The van der Waals surface area contributed by atoms with E-state index in [1.165, 1.54) is 16.1 Å². The third kappa shape index (κ3) is 4.91. The molecule has 0 aliphatic rings. The Morgan fingerprint density at radius 1 is 0.882 bits per heavy atom. The van der Waals surface area contributed by atoms with Crippen molar-refractivity contribution >= 4 is 21.8 Å². The maximum absolute atomic E-state index is 12.8. The smallest absolute Gasteiger partial charge is 0.247 e. The average Bonchev–Trinajstić information content (AvgIpc) is 3.51. The summed E-state index contributed by atoms with van der Waals surface area (Å²) in [4.78, 5) is 0.266. The van der Waals surface area contributed by atoms with E-state index in [0.29, 0.717) is 43.0 Å². The van der Waals surface area contributed by atoms with E-state index in [4.69, 9.17) is 4.42 Å². The van der Waals surface area contributed by atoms with Gasteiger partial charge in [-0.15, -0.1) is 20.4 Å². The van der Waals surface area contributed by atoms with Gasteiger partial charge in [-0.3, -0.25) is 0 Å². The number of aromatic nitrogens is 5. The molecule has 0 bridgehead atoms. The molecule has 0 atom stereocenters. The lowest BCUT2D eigenvalue weighted by Crippen LogP contribution is -2.30. The Labute approximate surface area is 203 Å². The van der Waals surface area contributed by atoms with Gasteiger partial charge in [0.1, 0.15) is 0 Å². The van der Waals surface area contributed by atoms with Crippen LogP contribution < -0.4 is 0 Å². The second-order valence-corrected chi connectivity index (χ2v) is 10.2. The van der Waals surface area contributed by atoms with Crippen LogP contribution in [0.5, 0.6) is 0 Å². The number of hydrogen-bond donors (Lipinski definition) is 0. The fourth-order valence-electron chi connectivity index (χ4n) is 3.52. The van der Waals surface area contributed by atoms with Gasteiger partial charge in [0.15, 0.2) is 11.0 Å². The van der Waals surface area contributed by atoms with Crippen LogP contribution in [-0.2, 0) is 22.3 Å². The van der Waals surface area contributed by atoms with Crippen molar-refractivity contribution in [3.8, 4) is 22.8 Å². The van der Waals surface area contributed by atoms with Crippen LogP contribution in [0.1, 0.15) is 26.7 Å². The van der Waals surface area contributed by atoms with Gasteiger partial charge in [-0.2, -0.15) is 4.31 Å². The predicted octanol–water partition coefficient (Wildman–Crippen LogP) is 4.34. The summed E-state index contributed by atoms with van der Waals surface area (Å²) in [5, 5.41) is 17.6. The normalized spacial score (nSPS) is 11.9. The molecule has 2 aromatic heterocycles. The van der Waals surface area contributed by atoms with Gasteiger partial charge in [-0.1, -0.05) is 43.8 Å². The molecule has 0 spiro atoms. The Bertz CT molecular complexity index is 1330. The van der Waals surface area contributed by atoms with E-state index in [0.717, 1.165) is 16.3 Å². The number of sulfonamides is 1. The summed E-state index contributed by atoms with van der Waals surface area (Å²) in [6, 6.07) is 16.4. The zero-order valence-electron chi connectivity index (χ0n) is 19.2. The van der Waals surface area contributed by atoms with E-state index in [1.807, 2.05) is 55.7 Å². The van der Waals surface area contributed by atoms with Crippen LogP contribution in [0.15, 0.2) is 69.1 Å². The Kier molecular flexibility index (Phi) is 7.44. The van der Waals surface area contributed by atoms with Crippen molar-refractivity contribution < 1.29 is 12.8 Å². The van der Waals surface area contributed by atoms with Gasteiger partial charge >= 0.3 is 0 Å². The van der Waals surface area contributed by atoms with Crippen molar-refractivity contribution in [1.29, 1.82) is 0 Å². The van der Waals surface area contributed by atoms with Gasteiger partial charge in [0.05, 0.1) is 10.6 Å². The summed E-state index contributed by atoms with van der Waals surface area (Å²) in [5.41, 5.74) is 1.67. The largest absolute Gasteiger partial charge is 0.420 e. The lowest BCUT2D eigenvalue weighted by Gasteiger charge is -2.18. The minimum atomic E-state index is -3.50. The highest BCUT2D eigenvalue weighted by atomic mass is 32.2. The Morgan fingerprint density at radius 3 is 2.24 bits per heavy atom. The van der Waals surface area contributed by atoms with Crippen molar-refractivity contribution in [2.24, 2.45) is 0 Å². The molecule has 0 saturated heterocycles. The van der Waals surface area contributed by atoms with E-state index >= 15 is 0 Å². The van der Waals surface area contributed by atoms with Crippen molar-refractivity contribution in [3.05, 3.63) is 60.5 Å². The summed E-state index contributed by atoms with van der Waals surface area (Å²) in [6.45, 7) is 7.18. The average molecular weight is 499 g/mol. The van der Waals surface area contributed by atoms with Crippen molar-refractivity contribution in [3.63, 3.8) is 0 Å². The molecule has 2 heterocycles. The van der Waals surface area contributed by atoms with Crippen LogP contribution in [0.2, 0.25) is 0 Å². The predicted molar refractivity (Wildman–Crippen MR) is 131 cm³/mol. The van der Waals surface area contributed by atoms with E-state index < -0.39 is 10.0 Å². The fourth-order valence-corrected chi connectivity index (χ4v) is 5.82. The van der Waals surface area contributed by atoms with E-state index in [9.17, 15) is 8.42 Å². The Hall–Kier alpha value is -3.02. The summed E-state index contributed by atoms with van der Waals surface area (Å²) < 4.78 is 34.7. The first-order valence-corrected chi connectivity index (χ1v) is 13.4. The first-order chi connectivity index (χ1) is 16.5. The molecule has 0 amide bonds. The van der Waals surface area contributed by atoms with Crippen LogP contribution in [0.4, 0.5) is 0 Å². The first-order valence-electron chi connectivity index (χ1n) is 11.0. The monoisotopic (exact) mass is 498 g/mol. The summed E-state index contributed by atoms with van der Waals surface area (Å²) >= 11 is 1.46. The summed E-state index contributed by atoms with van der Waals surface area (Å²) in [6.07, 6.45) is 0. The molecule has 0 saturated carbocycles. The molecule has 4 rings (SSSR count). The van der Waals surface area contributed by atoms with Gasteiger partial charge in [0.25, 0.3) is 0 Å². The second kappa shape index (κ2) is 10.5. The number of benzene rings is 2. The molecule has 11 heteroatoms. The quantitative estimate of drug-likeness (QED) is 0.297. The third-order valence-electron chi connectivity index (χ3n) is 5.30. The molecule has 0 fully saturated rings. The zero-order chi connectivity index (χ0) is 24.1. The number of nitrogens with zero attached hydrogens (tertiary/aromatic N) is 6. The van der Waals surface area contributed by atoms with Crippen LogP contribution in [0.25, 0.3) is 22.8 Å². The van der Waals surface area contributed by atoms with Gasteiger partial charge in [-0.05, 0) is 43.3 Å².